The number of rotatable bonds is 8. The highest BCUT2D eigenvalue weighted by Gasteiger charge is 2.13. The summed E-state index contributed by atoms with van der Waals surface area (Å²) in [7, 11) is 0. The molecule has 0 saturated carbocycles. The van der Waals surface area contributed by atoms with Crippen LogP contribution < -0.4 is 16.4 Å². The van der Waals surface area contributed by atoms with Crippen molar-refractivity contribution in [1.29, 1.82) is 0 Å². The number of amides is 1. The lowest BCUT2D eigenvalue weighted by Gasteiger charge is -2.10. The van der Waals surface area contributed by atoms with Crippen molar-refractivity contribution in [2.75, 3.05) is 17.6 Å². The predicted molar refractivity (Wildman–Crippen MR) is 118 cm³/mol. The van der Waals surface area contributed by atoms with E-state index in [4.69, 9.17) is 10.5 Å². The maximum atomic E-state index is 12.1. The first-order chi connectivity index (χ1) is 15.3. The van der Waals surface area contributed by atoms with E-state index in [1.165, 1.54) is 12.1 Å². The van der Waals surface area contributed by atoms with Gasteiger partial charge in [0.1, 0.15) is 5.75 Å². The summed E-state index contributed by atoms with van der Waals surface area (Å²) < 4.78 is 5.16. The molecule has 10 heteroatoms. The Balaban J connectivity index is 1.49. The van der Waals surface area contributed by atoms with Crippen LogP contribution in [0.25, 0.3) is 0 Å². The summed E-state index contributed by atoms with van der Waals surface area (Å²) in [4.78, 5) is 36.4. The zero-order valence-electron chi connectivity index (χ0n) is 17.8. The number of phenols is 1. The van der Waals surface area contributed by atoms with Crippen molar-refractivity contribution in [2.45, 2.75) is 26.9 Å². The second-order valence-corrected chi connectivity index (χ2v) is 7.06. The molecule has 32 heavy (non-hydrogen) atoms. The van der Waals surface area contributed by atoms with Crippen molar-refractivity contribution >= 4 is 29.5 Å². The molecule has 0 aliphatic heterocycles. The maximum Gasteiger partial charge on any atom is 0.308 e. The number of carbonyl (C=O) groups is 2. The summed E-state index contributed by atoms with van der Waals surface area (Å²) in [5, 5.41) is 15.5. The van der Waals surface area contributed by atoms with Gasteiger partial charge in [0.2, 0.25) is 11.9 Å². The van der Waals surface area contributed by atoms with Crippen LogP contribution in [0.3, 0.4) is 0 Å². The first-order valence-electron chi connectivity index (χ1n) is 9.88. The second kappa shape index (κ2) is 10.2. The summed E-state index contributed by atoms with van der Waals surface area (Å²) >= 11 is 0. The molecular formula is C22H24N6O4. The third-order valence-electron chi connectivity index (χ3n) is 4.47. The molecule has 0 radical (unpaired) electrons. The van der Waals surface area contributed by atoms with E-state index in [9.17, 15) is 14.7 Å². The molecule has 0 atom stereocenters. The number of esters is 1. The molecule has 0 unspecified atom stereocenters. The minimum Gasteiger partial charge on any atom is -0.507 e. The van der Waals surface area contributed by atoms with Gasteiger partial charge >= 0.3 is 5.97 Å². The molecule has 3 rings (SSSR count). The van der Waals surface area contributed by atoms with Crippen molar-refractivity contribution in [3.05, 3.63) is 65.0 Å². The molecule has 10 nitrogen and oxygen atoms in total. The smallest absolute Gasteiger partial charge is 0.308 e. The topological polar surface area (TPSA) is 152 Å². The van der Waals surface area contributed by atoms with Crippen LogP contribution in [0.2, 0.25) is 0 Å². The molecule has 0 saturated heterocycles. The zero-order chi connectivity index (χ0) is 23.1. The highest BCUT2D eigenvalue weighted by Crippen LogP contribution is 2.19. The molecule has 0 fully saturated rings. The molecule has 1 amide bonds. The van der Waals surface area contributed by atoms with E-state index in [1.807, 2.05) is 31.2 Å². The molecular weight excluding hydrogens is 412 g/mol. The van der Waals surface area contributed by atoms with Gasteiger partial charge in [0.05, 0.1) is 12.0 Å². The number of anilines is 3. The molecule has 2 aromatic carbocycles. The van der Waals surface area contributed by atoms with Gasteiger partial charge in [0.15, 0.2) is 12.4 Å². The molecule has 166 valence electrons. The van der Waals surface area contributed by atoms with Crippen molar-refractivity contribution in [2.24, 2.45) is 0 Å². The number of aromatic hydroxyl groups is 1. The third kappa shape index (κ3) is 6.14. The average Bonchev–Trinajstić information content (AvgIpc) is 2.73. The Kier molecular flexibility index (Phi) is 7.17. The van der Waals surface area contributed by atoms with Crippen LogP contribution >= 0.6 is 0 Å². The van der Waals surface area contributed by atoms with Gasteiger partial charge < -0.3 is 26.2 Å². The molecule has 0 aliphatic carbocycles. The Hall–Kier alpha value is -4.21. The van der Waals surface area contributed by atoms with Crippen LogP contribution in [-0.2, 0) is 16.1 Å². The number of benzene rings is 2. The summed E-state index contributed by atoms with van der Waals surface area (Å²) in [6.07, 6.45) is -0.0623. The predicted octanol–water partition coefficient (Wildman–Crippen LogP) is 2.38. The van der Waals surface area contributed by atoms with Gasteiger partial charge in [-0.2, -0.15) is 15.0 Å². The summed E-state index contributed by atoms with van der Waals surface area (Å²) in [6.45, 7) is 3.60. The second-order valence-electron chi connectivity index (χ2n) is 7.06. The van der Waals surface area contributed by atoms with Crippen LogP contribution in [0.15, 0.2) is 42.5 Å². The van der Waals surface area contributed by atoms with E-state index in [0.717, 1.165) is 16.8 Å². The molecule has 0 bridgehead atoms. The lowest BCUT2D eigenvalue weighted by Crippen LogP contribution is -2.26. The number of ether oxygens (including phenoxy) is 1. The lowest BCUT2D eigenvalue weighted by atomic mass is 10.1. The van der Waals surface area contributed by atoms with Gasteiger partial charge in [-0.15, -0.1) is 0 Å². The van der Waals surface area contributed by atoms with Gasteiger partial charge in [0, 0.05) is 12.2 Å². The van der Waals surface area contributed by atoms with E-state index in [-0.39, 0.29) is 48.6 Å². The molecule has 1 heterocycles. The van der Waals surface area contributed by atoms with Gasteiger partial charge in [0.25, 0.3) is 5.91 Å². The van der Waals surface area contributed by atoms with Crippen molar-refractivity contribution in [3.63, 3.8) is 0 Å². The van der Waals surface area contributed by atoms with Crippen LogP contribution in [0.4, 0.5) is 17.6 Å². The van der Waals surface area contributed by atoms with Crippen LogP contribution in [-0.4, -0.2) is 38.5 Å². The number of nitrogens with two attached hydrogens (primary N) is 1. The van der Waals surface area contributed by atoms with Crippen molar-refractivity contribution in [3.8, 4) is 5.75 Å². The standard InChI is InChI=1S/C22H24N6O4/c1-13-7-8-15(17(29)11-13)20(31)24-10-9-19(30)32-12-18-26-21(23)28-22(27-18)25-16-6-4-3-5-14(16)2/h3-8,11,29H,9-10,12H2,1-2H3,(H,24,31)(H3,23,25,26,27,28). The van der Waals surface area contributed by atoms with Crippen molar-refractivity contribution < 1.29 is 19.4 Å². The minimum absolute atomic E-state index is 0.00713. The lowest BCUT2D eigenvalue weighted by molar-refractivity contribution is -0.145. The highest BCUT2D eigenvalue weighted by molar-refractivity contribution is 5.97. The van der Waals surface area contributed by atoms with Gasteiger partial charge in [-0.3, -0.25) is 9.59 Å². The number of para-hydroxylation sites is 1. The van der Waals surface area contributed by atoms with Gasteiger partial charge in [-0.25, -0.2) is 0 Å². The van der Waals surface area contributed by atoms with E-state index >= 15 is 0 Å². The Morgan fingerprint density at radius 3 is 2.62 bits per heavy atom. The quantitative estimate of drug-likeness (QED) is 0.390. The van der Waals surface area contributed by atoms with E-state index in [1.54, 1.807) is 13.0 Å². The fourth-order valence-electron chi connectivity index (χ4n) is 2.82. The number of nitrogen functional groups attached to an aromatic ring is 1. The van der Waals surface area contributed by atoms with E-state index in [0.29, 0.717) is 0 Å². The van der Waals surface area contributed by atoms with Gasteiger partial charge in [-0.05, 0) is 43.2 Å². The molecule has 3 aromatic rings. The number of aromatic nitrogens is 3. The molecule has 0 spiro atoms. The minimum atomic E-state index is -0.550. The van der Waals surface area contributed by atoms with Gasteiger partial charge in [-0.1, -0.05) is 24.3 Å². The van der Waals surface area contributed by atoms with Crippen LogP contribution in [0.5, 0.6) is 5.75 Å². The normalized spacial score (nSPS) is 10.4. The number of aryl methyl sites for hydroxylation is 2. The average molecular weight is 436 g/mol. The monoisotopic (exact) mass is 436 g/mol. The molecule has 0 aliphatic rings. The number of phenolic OH excluding ortho intramolecular Hbond substituents is 1. The zero-order valence-corrected chi connectivity index (χ0v) is 17.8. The number of nitrogens with zero attached hydrogens (tertiary/aromatic N) is 3. The fraction of sp³-hybridized carbons (Fsp3) is 0.227. The number of hydrogen-bond acceptors (Lipinski definition) is 9. The van der Waals surface area contributed by atoms with E-state index < -0.39 is 11.9 Å². The Morgan fingerprint density at radius 2 is 1.88 bits per heavy atom. The number of hydrogen-bond donors (Lipinski definition) is 4. The van der Waals surface area contributed by atoms with Crippen molar-refractivity contribution in [1.82, 2.24) is 20.3 Å². The third-order valence-corrected chi connectivity index (χ3v) is 4.47. The summed E-state index contributed by atoms with van der Waals surface area (Å²) in [5.41, 5.74) is 8.52. The SMILES string of the molecule is Cc1ccc(C(=O)NCCC(=O)OCc2nc(N)nc(Nc3ccccc3C)n2)c(O)c1. The molecule has 1 aromatic heterocycles. The number of carbonyl (C=O) groups excluding carboxylic acids is 2. The molecule has 5 N–H and O–H groups in total. The van der Waals surface area contributed by atoms with Crippen LogP contribution in [0.1, 0.15) is 33.7 Å². The fourth-order valence-corrected chi connectivity index (χ4v) is 2.82. The summed E-state index contributed by atoms with van der Waals surface area (Å²) in [6, 6.07) is 12.3. The first kappa shape index (κ1) is 22.5. The van der Waals surface area contributed by atoms with Crippen LogP contribution in [0, 0.1) is 13.8 Å². The largest absolute Gasteiger partial charge is 0.507 e. The summed E-state index contributed by atoms with van der Waals surface area (Å²) in [5.74, 6) is -0.725. The first-order valence-corrected chi connectivity index (χ1v) is 9.88. The van der Waals surface area contributed by atoms with E-state index in [2.05, 4.69) is 25.6 Å². The number of nitrogens with one attached hydrogen (secondary N) is 2. The highest BCUT2D eigenvalue weighted by atomic mass is 16.5. The Labute approximate surface area is 184 Å². The Morgan fingerprint density at radius 1 is 1.09 bits per heavy atom. The Bertz CT molecular complexity index is 1140. The maximum absolute atomic E-state index is 12.1.